The van der Waals surface area contributed by atoms with Crippen molar-refractivity contribution in [1.82, 2.24) is 10.2 Å². The first-order valence-corrected chi connectivity index (χ1v) is 4.63. The van der Waals surface area contributed by atoms with Gasteiger partial charge in [0.25, 0.3) is 0 Å². The number of aromatic nitrogens is 2. The van der Waals surface area contributed by atoms with Gasteiger partial charge in [0.2, 0.25) is 0 Å². The van der Waals surface area contributed by atoms with Crippen molar-refractivity contribution in [2.75, 3.05) is 0 Å². The highest BCUT2D eigenvalue weighted by atomic mass is 15.1. The molecule has 1 aliphatic carbocycles. The van der Waals surface area contributed by atoms with Crippen LogP contribution in [0.25, 0.3) is 0 Å². The molecule has 1 aliphatic rings. The molecule has 0 spiro atoms. The van der Waals surface area contributed by atoms with E-state index < -0.39 is 0 Å². The lowest BCUT2D eigenvalue weighted by atomic mass is 9.88. The number of hydrogen-bond donors (Lipinski definition) is 1. The zero-order valence-corrected chi connectivity index (χ0v) is 8.02. The lowest BCUT2D eigenvalue weighted by Gasteiger charge is -2.18. The van der Waals surface area contributed by atoms with Gasteiger partial charge in [-0.05, 0) is 24.3 Å². The van der Waals surface area contributed by atoms with Crippen LogP contribution in [0.1, 0.15) is 50.8 Å². The third-order valence-electron chi connectivity index (χ3n) is 2.44. The second-order valence-electron chi connectivity index (χ2n) is 4.72. The van der Waals surface area contributed by atoms with Gasteiger partial charge < -0.3 is 0 Å². The van der Waals surface area contributed by atoms with Crippen molar-refractivity contribution in [2.45, 2.75) is 44.9 Å². The fourth-order valence-corrected chi connectivity index (χ4v) is 1.60. The average molecular weight is 164 g/mol. The highest BCUT2D eigenvalue weighted by Crippen LogP contribution is 2.43. The van der Waals surface area contributed by atoms with Crippen molar-refractivity contribution in [3.63, 3.8) is 0 Å². The van der Waals surface area contributed by atoms with Crippen LogP contribution in [0.2, 0.25) is 0 Å². The maximum absolute atomic E-state index is 4.12. The minimum absolute atomic E-state index is 0.217. The number of aromatic amines is 1. The first-order chi connectivity index (χ1) is 5.59. The molecular weight excluding hydrogens is 148 g/mol. The normalized spacial score (nSPS) is 18.2. The molecule has 1 fully saturated rings. The van der Waals surface area contributed by atoms with Crippen LogP contribution < -0.4 is 0 Å². The molecule has 0 amide bonds. The van der Waals surface area contributed by atoms with Crippen LogP contribution in [0.4, 0.5) is 0 Å². The van der Waals surface area contributed by atoms with Gasteiger partial charge in [0.05, 0.1) is 6.20 Å². The minimum atomic E-state index is 0.217. The van der Waals surface area contributed by atoms with E-state index >= 15 is 0 Å². The predicted octanol–water partition coefficient (Wildman–Crippen LogP) is 2.58. The maximum Gasteiger partial charge on any atom is 0.0525 e. The molecule has 2 heteroatoms. The summed E-state index contributed by atoms with van der Waals surface area (Å²) in [7, 11) is 0. The van der Waals surface area contributed by atoms with Crippen molar-refractivity contribution < 1.29 is 0 Å². The Morgan fingerprint density at radius 1 is 1.42 bits per heavy atom. The summed E-state index contributed by atoms with van der Waals surface area (Å²) in [5.74, 6) is 0.804. The van der Waals surface area contributed by atoms with Gasteiger partial charge in [0.15, 0.2) is 0 Å². The first-order valence-electron chi connectivity index (χ1n) is 4.63. The van der Waals surface area contributed by atoms with Crippen molar-refractivity contribution in [1.29, 1.82) is 0 Å². The Labute approximate surface area is 73.4 Å². The lowest BCUT2D eigenvalue weighted by molar-refractivity contribution is 0.560. The van der Waals surface area contributed by atoms with Gasteiger partial charge in [-0.1, -0.05) is 20.8 Å². The molecule has 2 rings (SSSR count). The van der Waals surface area contributed by atoms with Crippen molar-refractivity contribution >= 4 is 0 Å². The number of nitrogens with one attached hydrogen (secondary N) is 1. The van der Waals surface area contributed by atoms with Crippen LogP contribution in [0.15, 0.2) is 6.20 Å². The molecular formula is C10H16N2. The van der Waals surface area contributed by atoms with E-state index in [1.165, 1.54) is 24.1 Å². The Balaban J connectivity index is 2.36. The van der Waals surface area contributed by atoms with Crippen LogP contribution in [-0.2, 0) is 5.41 Å². The predicted molar refractivity (Wildman–Crippen MR) is 49.3 cm³/mol. The van der Waals surface area contributed by atoms with E-state index in [1.807, 2.05) is 6.20 Å². The van der Waals surface area contributed by atoms with Crippen LogP contribution in [0, 0.1) is 0 Å². The molecule has 1 aromatic rings. The molecule has 0 aromatic carbocycles. The van der Waals surface area contributed by atoms with Gasteiger partial charge in [-0.3, -0.25) is 5.10 Å². The highest BCUT2D eigenvalue weighted by molar-refractivity contribution is 5.30. The monoisotopic (exact) mass is 164 g/mol. The number of H-pyrrole nitrogens is 1. The molecule has 12 heavy (non-hydrogen) atoms. The number of nitrogens with zero attached hydrogens (tertiary/aromatic N) is 1. The SMILES string of the molecule is CC(C)(C)c1[nH]ncc1C1CC1. The van der Waals surface area contributed by atoms with E-state index in [4.69, 9.17) is 0 Å². The standard InChI is InChI=1S/C10H16N2/c1-10(2,3)9-8(6-11-12-9)7-4-5-7/h6-7H,4-5H2,1-3H3,(H,11,12). The molecule has 1 heterocycles. The van der Waals surface area contributed by atoms with E-state index in [0.717, 1.165) is 5.92 Å². The Bertz CT molecular complexity index is 276. The molecule has 1 saturated carbocycles. The molecule has 0 saturated heterocycles. The Hall–Kier alpha value is -0.790. The molecule has 1 aromatic heterocycles. The van der Waals surface area contributed by atoms with Gasteiger partial charge in [0.1, 0.15) is 0 Å². The van der Waals surface area contributed by atoms with Gasteiger partial charge in [-0.25, -0.2) is 0 Å². The molecule has 0 bridgehead atoms. The van der Waals surface area contributed by atoms with E-state index in [-0.39, 0.29) is 5.41 Å². The highest BCUT2D eigenvalue weighted by Gasteiger charge is 2.31. The Morgan fingerprint density at radius 3 is 2.58 bits per heavy atom. The van der Waals surface area contributed by atoms with Gasteiger partial charge in [-0.2, -0.15) is 5.10 Å². The van der Waals surface area contributed by atoms with E-state index in [0.29, 0.717) is 0 Å². The summed E-state index contributed by atoms with van der Waals surface area (Å²) in [4.78, 5) is 0. The summed E-state index contributed by atoms with van der Waals surface area (Å²) in [6.07, 6.45) is 4.70. The summed E-state index contributed by atoms with van der Waals surface area (Å²) in [6, 6.07) is 0. The summed E-state index contributed by atoms with van der Waals surface area (Å²) in [5, 5.41) is 7.24. The van der Waals surface area contributed by atoms with Gasteiger partial charge in [0, 0.05) is 11.1 Å². The molecule has 2 nitrogen and oxygen atoms in total. The van der Waals surface area contributed by atoms with Crippen LogP contribution in [0.5, 0.6) is 0 Å². The zero-order chi connectivity index (χ0) is 8.77. The average Bonchev–Trinajstić information content (AvgIpc) is 2.65. The molecule has 0 unspecified atom stereocenters. The molecule has 0 radical (unpaired) electrons. The van der Waals surface area contributed by atoms with Crippen molar-refractivity contribution in [2.24, 2.45) is 0 Å². The quantitative estimate of drug-likeness (QED) is 0.679. The molecule has 1 N–H and O–H groups in total. The van der Waals surface area contributed by atoms with E-state index in [2.05, 4.69) is 31.0 Å². The minimum Gasteiger partial charge on any atom is -0.282 e. The lowest BCUT2D eigenvalue weighted by Crippen LogP contribution is -2.13. The zero-order valence-electron chi connectivity index (χ0n) is 8.02. The van der Waals surface area contributed by atoms with Gasteiger partial charge >= 0.3 is 0 Å². The summed E-state index contributed by atoms with van der Waals surface area (Å²) in [5.41, 5.74) is 2.99. The van der Waals surface area contributed by atoms with Crippen molar-refractivity contribution in [3.05, 3.63) is 17.5 Å². The van der Waals surface area contributed by atoms with E-state index in [9.17, 15) is 0 Å². The fraction of sp³-hybridized carbons (Fsp3) is 0.700. The van der Waals surface area contributed by atoms with Gasteiger partial charge in [-0.15, -0.1) is 0 Å². The first kappa shape index (κ1) is 7.84. The second kappa shape index (κ2) is 2.35. The molecule has 0 aliphatic heterocycles. The largest absolute Gasteiger partial charge is 0.282 e. The number of hydrogen-bond acceptors (Lipinski definition) is 1. The van der Waals surface area contributed by atoms with Crippen molar-refractivity contribution in [3.8, 4) is 0 Å². The maximum atomic E-state index is 4.12. The number of rotatable bonds is 1. The molecule has 0 atom stereocenters. The second-order valence-corrected chi connectivity index (χ2v) is 4.72. The summed E-state index contributed by atoms with van der Waals surface area (Å²) in [6.45, 7) is 6.69. The van der Waals surface area contributed by atoms with Crippen LogP contribution in [0.3, 0.4) is 0 Å². The van der Waals surface area contributed by atoms with Crippen LogP contribution >= 0.6 is 0 Å². The fourth-order valence-electron chi connectivity index (χ4n) is 1.60. The van der Waals surface area contributed by atoms with Crippen LogP contribution in [-0.4, -0.2) is 10.2 Å². The third kappa shape index (κ3) is 1.26. The Kier molecular flexibility index (Phi) is 1.53. The Morgan fingerprint density at radius 2 is 2.08 bits per heavy atom. The third-order valence-corrected chi connectivity index (χ3v) is 2.44. The van der Waals surface area contributed by atoms with E-state index in [1.54, 1.807) is 0 Å². The molecule has 66 valence electrons. The summed E-state index contributed by atoms with van der Waals surface area (Å²) >= 11 is 0. The smallest absolute Gasteiger partial charge is 0.0525 e. The summed E-state index contributed by atoms with van der Waals surface area (Å²) < 4.78 is 0. The topological polar surface area (TPSA) is 28.7 Å².